The van der Waals surface area contributed by atoms with Gasteiger partial charge < -0.3 is 24.6 Å². The summed E-state index contributed by atoms with van der Waals surface area (Å²) in [5, 5.41) is 2.98. The van der Waals surface area contributed by atoms with Gasteiger partial charge in [-0.15, -0.1) is 0 Å². The predicted octanol–water partition coefficient (Wildman–Crippen LogP) is 1.48. The van der Waals surface area contributed by atoms with Gasteiger partial charge in [0, 0.05) is 31.9 Å². The molecule has 1 aromatic carbocycles. The molecule has 3 aliphatic rings. The number of fused-ring (bicyclic) bond motifs is 2. The van der Waals surface area contributed by atoms with Crippen molar-refractivity contribution in [2.24, 2.45) is 5.92 Å². The number of morpholine rings is 2. The van der Waals surface area contributed by atoms with E-state index in [0.717, 1.165) is 11.3 Å². The molecule has 0 spiro atoms. The maximum Gasteiger partial charge on any atom is 0.322 e. The highest BCUT2D eigenvalue weighted by Gasteiger charge is 2.47. The predicted molar refractivity (Wildman–Crippen MR) is 95.9 cm³/mol. The van der Waals surface area contributed by atoms with E-state index in [4.69, 9.17) is 9.47 Å². The molecule has 0 saturated carbocycles. The van der Waals surface area contributed by atoms with Gasteiger partial charge in [-0.2, -0.15) is 0 Å². The highest BCUT2D eigenvalue weighted by molar-refractivity contribution is 5.90. The number of hydrogen-bond acceptors (Lipinski definition) is 4. The third-order valence-electron chi connectivity index (χ3n) is 5.47. The first-order valence-electron chi connectivity index (χ1n) is 9.25. The topological polar surface area (TPSA) is 71.1 Å². The van der Waals surface area contributed by atoms with Crippen LogP contribution >= 0.6 is 0 Å². The molecule has 3 heterocycles. The van der Waals surface area contributed by atoms with Crippen molar-refractivity contribution in [2.75, 3.05) is 44.7 Å². The van der Waals surface area contributed by atoms with Crippen LogP contribution < -0.4 is 5.32 Å². The summed E-state index contributed by atoms with van der Waals surface area (Å²) in [7, 11) is 0. The number of para-hydroxylation sites is 1. The highest BCUT2D eigenvalue weighted by atomic mass is 16.5. The molecule has 1 N–H and O–H groups in total. The summed E-state index contributed by atoms with van der Waals surface area (Å²) in [6.07, 6.45) is 0.410. The molecule has 3 aliphatic heterocycles. The van der Waals surface area contributed by atoms with Gasteiger partial charge in [0.2, 0.25) is 5.91 Å². The number of ether oxygens (including phenoxy) is 2. The molecular formula is C19H25N3O4. The SMILES string of the molecule is Cc1ccccc1NC(=O)N1C[C@@H]2C[C@H](C(=O)N3CCOCC3)[C@@H](C1)O2. The van der Waals surface area contributed by atoms with Crippen LogP contribution in [0.1, 0.15) is 12.0 Å². The lowest BCUT2D eigenvalue weighted by molar-refractivity contribution is -0.142. The maximum atomic E-state index is 12.8. The van der Waals surface area contributed by atoms with Gasteiger partial charge in [0.1, 0.15) is 0 Å². The monoisotopic (exact) mass is 359 g/mol. The van der Waals surface area contributed by atoms with E-state index < -0.39 is 0 Å². The molecular weight excluding hydrogens is 334 g/mol. The average Bonchev–Trinajstić information content (AvgIpc) is 2.97. The van der Waals surface area contributed by atoms with Crippen molar-refractivity contribution in [3.63, 3.8) is 0 Å². The van der Waals surface area contributed by atoms with Crippen LogP contribution in [0.2, 0.25) is 0 Å². The molecule has 2 bridgehead atoms. The van der Waals surface area contributed by atoms with E-state index in [1.54, 1.807) is 4.90 Å². The van der Waals surface area contributed by atoms with E-state index in [0.29, 0.717) is 45.8 Å². The zero-order valence-electron chi connectivity index (χ0n) is 15.0. The van der Waals surface area contributed by atoms with Crippen molar-refractivity contribution in [3.05, 3.63) is 29.8 Å². The minimum absolute atomic E-state index is 0.0636. The van der Waals surface area contributed by atoms with Gasteiger partial charge in [0.05, 0.1) is 31.3 Å². The van der Waals surface area contributed by atoms with E-state index in [1.165, 1.54) is 0 Å². The van der Waals surface area contributed by atoms with E-state index in [2.05, 4.69) is 5.32 Å². The van der Waals surface area contributed by atoms with Crippen LogP contribution in [0.15, 0.2) is 24.3 Å². The summed E-state index contributed by atoms with van der Waals surface area (Å²) >= 11 is 0. The highest BCUT2D eigenvalue weighted by Crippen LogP contribution is 2.33. The summed E-state index contributed by atoms with van der Waals surface area (Å²) in [6, 6.07) is 7.59. The lowest BCUT2D eigenvalue weighted by Crippen LogP contribution is -2.50. The molecule has 3 amide bonds. The van der Waals surface area contributed by atoms with Crippen molar-refractivity contribution in [1.29, 1.82) is 0 Å². The third kappa shape index (κ3) is 3.41. The molecule has 4 rings (SSSR count). The number of nitrogens with one attached hydrogen (secondary N) is 1. The van der Waals surface area contributed by atoms with Crippen LogP contribution in [-0.4, -0.2) is 73.3 Å². The van der Waals surface area contributed by atoms with Gasteiger partial charge in [-0.25, -0.2) is 4.79 Å². The minimum atomic E-state index is -0.216. The zero-order chi connectivity index (χ0) is 18.1. The number of amides is 3. The summed E-state index contributed by atoms with van der Waals surface area (Å²) < 4.78 is 11.3. The number of hydrogen-bond donors (Lipinski definition) is 1. The molecule has 0 radical (unpaired) electrons. The molecule has 0 aromatic heterocycles. The first-order chi connectivity index (χ1) is 12.6. The fraction of sp³-hybridized carbons (Fsp3) is 0.579. The molecule has 0 unspecified atom stereocenters. The lowest BCUT2D eigenvalue weighted by atomic mass is 9.98. The van der Waals surface area contributed by atoms with E-state index >= 15 is 0 Å². The summed E-state index contributed by atoms with van der Waals surface area (Å²) in [5.41, 5.74) is 1.84. The van der Waals surface area contributed by atoms with Gasteiger partial charge in [-0.05, 0) is 25.0 Å². The smallest absolute Gasteiger partial charge is 0.322 e. The Morgan fingerprint density at radius 2 is 1.88 bits per heavy atom. The molecule has 7 heteroatoms. The Morgan fingerprint density at radius 1 is 1.12 bits per heavy atom. The van der Waals surface area contributed by atoms with E-state index in [-0.39, 0.29) is 30.1 Å². The number of nitrogens with zero attached hydrogens (tertiary/aromatic N) is 2. The van der Waals surface area contributed by atoms with Gasteiger partial charge in [-0.1, -0.05) is 18.2 Å². The van der Waals surface area contributed by atoms with E-state index in [1.807, 2.05) is 36.1 Å². The minimum Gasteiger partial charge on any atom is -0.378 e. The van der Waals surface area contributed by atoms with Crippen molar-refractivity contribution in [2.45, 2.75) is 25.6 Å². The van der Waals surface area contributed by atoms with Gasteiger partial charge in [-0.3, -0.25) is 4.79 Å². The van der Waals surface area contributed by atoms with Crippen molar-refractivity contribution in [3.8, 4) is 0 Å². The second kappa shape index (κ2) is 7.25. The Hall–Kier alpha value is -2.12. The van der Waals surface area contributed by atoms with Crippen LogP contribution in [0, 0.1) is 12.8 Å². The zero-order valence-corrected chi connectivity index (χ0v) is 15.0. The summed E-state index contributed by atoms with van der Waals surface area (Å²) in [6.45, 7) is 5.43. The van der Waals surface area contributed by atoms with Crippen LogP contribution in [-0.2, 0) is 14.3 Å². The van der Waals surface area contributed by atoms with Crippen molar-refractivity contribution < 1.29 is 19.1 Å². The first-order valence-corrected chi connectivity index (χ1v) is 9.25. The van der Waals surface area contributed by atoms with Gasteiger partial charge in [0.25, 0.3) is 0 Å². The van der Waals surface area contributed by atoms with Gasteiger partial charge in [0.15, 0.2) is 0 Å². The Balaban J connectivity index is 1.39. The molecule has 7 nitrogen and oxygen atoms in total. The molecule has 0 aliphatic carbocycles. The van der Waals surface area contributed by atoms with Crippen LogP contribution in [0.5, 0.6) is 0 Å². The van der Waals surface area contributed by atoms with Crippen LogP contribution in [0.3, 0.4) is 0 Å². The Kier molecular flexibility index (Phi) is 4.82. The summed E-state index contributed by atoms with van der Waals surface area (Å²) in [5.74, 6) is -0.0173. The quantitative estimate of drug-likeness (QED) is 0.868. The van der Waals surface area contributed by atoms with Crippen LogP contribution in [0.25, 0.3) is 0 Å². The molecule has 3 atom stereocenters. The number of carbonyl (C=O) groups excluding carboxylic acids is 2. The fourth-order valence-corrected chi connectivity index (χ4v) is 4.01. The standard InChI is InChI=1S/C19H25N3O4/c1-13-4-2-3-5-16(13)20-19(24)22-11-14-10-15(17(12-22)26-14)18(23)21-6-8-25-9-7-21/h2-5,14-15,17H,6-12H2,1H3,(H,20,24)/t14-,15-,17+/m0/s1. The number of carbonyl (C=O) groups is 2. The van der Waals surface area contributed by atoms with Gasteiger partial charge >= 0.3 is 6.03 Å². The Labute approximate surface area is 153 Å². The fourth-order valence-electron chi connectivity index (χ4n) is 4.01. The normalized spacial score (nSPS) is 28.1. The Bertz CT molecular complexity index is 689. The number of urea groups is 1. The van der Waals surface area contributed by atoms with E-state index in [9.17, 15) is 9.59 Å². The number of aryl methyl sites for hydroxylation is 1. The van der Waals surface area contributed by atoms with Crippen molar-refractivity contribution in [1.82, 2.24) is 9.80 Å². The molecule has 26 heavy (non-hydrogen) atoms. The average molecular weight is 359 g/mol. The largest absolute Gasteiger partial charge is 0.378 e. The number of anilines is 1. The number of rotatable bonds is 2. The summed E-state index contributed by atoms with van der Waals surface area (Å²) in [4.78, 5) is 29.1. The number of benzene rings is 1. The molecule has 3 saturated heterocycles. The molecule has 3 fully saturated rings. The first kappa shape index (κ1) is 17.3. The van der Waals surface area contributed by atoms with Crippen LogP contribution in [0.4, 0.5) is 10.5 Å². The number of likely N-dealkylation sites (tertiary alicyclic amines) is 1. The third-order valence-corrected chi connectivity index (χ3v) is 5.47. The maximum absolute atomic E-state index is 12.8. The second-order valence-corrected chi connectivity index (χ2v) is 7.23. The molecule has 1 aromatic rings. The molecule has 140 valence electrons. The Morgan fingerprint density at radius 3 is 2.65 bits per heavy atom. The second-order valence-electron chi connectivity index (χ2n) is 7.23. The lowest BCUT2D eigenvalue weighted by Gasteiger charge is -2.34. The van der Waals surface area contributed by atoms with Crippen molar-refractivity contribution >= 4 is 17.6 Å².